The minimum Gasteiger partial charge on any atom is -0.478 e. The first kappa shape index (κ1) is 17.8. The van der Waals surface area contributed by atoms with Gasteiger partial charge in [-0.1, -0.05) is 11.6 Å². The lowest BCUT2D eigenvalue weighted by atomic mass is 10.1. The summed E-state index contributed by atoms with van der Waals surface area (Å²) in [6.45, 7) is 1.81. The molecule has 1 aromatic carbocycles. The van der Waals surface area contributed by atoms with Gasteiger partial charge in [0, 0.05) is 19.3 Å². The van der Waals surface area contributed by atoms with Crippen LogP contribution in [-0.2, 0) is 10.0 Å². The van der Waals surface area contributed by atoms with Gasteiger partial charge in [0.2, 0.25) is 10.0 Å². The van der Waals surface area contributed by atoms with Crippen LogP contribution in [0.4, 0.5) is 4.39 Å². The Morgan fingerprint density at radius 2 is 2.16 bits per heavy atom. The number of carboxylic acids is 1. The van der Waals surface area contributed by atoms with Crippen molar-refractivity contribution in [2.24, 2.45) is 0 Å². The molecule has 0 radical (unpaired) electrons. The molecule has 0 bridgehead atoms. The number of rotatable bonds is 4. The Morgan fingerprint density at radius 3 is 2.76 bits per heavy atom. The molecule has 1 aromatic heterocycles. The maximum atomic E-state index is 14.5. The molecule has 7 nitrogen and oxygen atoms in total. The first-order valence-electron chi connectivity index (χ1n) is 7.43. The minimum absolute atomic E-state index is 0.107. The van der Waals surface area contributed by atoms with Gasteiger partial charge in [0.15, 0.2) is 5.82 Å². The van der Waals surface area contributed by atoms with E-state index >= 15 is 0 Å². The normalized spacial score (nSPS) is 18.6. The molecule has 3 rings (SSSR count). The number of aromatic carboxylic acids is 1. The smallest absolute Gasteiger partial charge is 0.338 e. The maximum Gasteiger partial charge on any atom is 0.338 e. The lowest BCUT2D eigenvalue weighted by Gasteiger charge is -2.18. The zero-order valence-electron chi connectivity index (χ0n) is 13.2. The summed E-state index contributed by atoms with van der Waals surface area (Å²) in [5.74, 6) is -2.76. The Kier molecular flexibility index (Phi) is 4.56. The van der Waals surface area contributed by atoms with Crippen LogP contribution >= 0.6 is 11.6 Å². The van der Waals surface area contributed by atoms with Crippen LogP contribution in [0.2, 0.25) is 5.02 Å². The second-order valence-corrected chi connectivity index (χ2v) is 8.22. The van der Waals surface area contributed by atoms with Crippen molar-refractivity contribution >= 4 is 27.6 Å². The molecule has 2 heterocycles. The average Bonchev–Trinajstić information content (AvgIpc) is 3.17. The predicted molar refractivity (Wildman–Crippen MR) is 87.7 cm³/mol. The van der Waals surface area contributed by atoms with Crippen molar-refractivity contribution in [1.29, 1.82) is 0 Å². The topological polar surface area (TPSA) is 92.5 Å². The van der Waals surface area contributed by atoms with E-state index in [1.54, 1.807) is 10.9 Å². The molecule has 25 heavy (non-hydrogen) atoms. The second kappa shape index (κ2) is 6.40. The fraction of sp³-hybridized carbons (Fsp3) is 0.333. The number of benzene rings is 1. The van der Waals surface area contributed by atoms with E-state index in [9.17, 15) is 17.6 Å². The minimum atomic E-state index is -4.16. The Morgan fingerprint density at radius 1 is 1.44 bits per heavy atom. The van der Waals surface area contributed by atoms with Gasteiger partial charge in [0.25, 0.3) is 0 Å². The van der Waals surface area contributed by atoms with Crippen molar-refractivity contribution in [3.05, 3.63) is 46.5 Å². The third-order valence-electron chi connectivity index (χ3n) is 4.10. The van der Waals surface area contributed by atoms with E-state index in [4.69, 9.17) is 16.7 Å². The molecule has 0 aliphatic carbocycles. The van der Waals surface area contributed by atoms with Crippen molar-refractivity contribution in [2.75, 3.05) is 13.1 Å². The summed E-state index contributed by atoms with van der Waals surface area (Å²) in [6, 6.07) is 2.04. The molecule has 1 saturated heterocycles. The Balaban J connectivity index is 1.94. The van der Waals surface area contributed by atoms with Crippen molar-refractivity contribution in [2.45, 2.75) is 24.3 Å². The van der Waals surface area contributed by atoms with E-state index in [-0.39, 0.29) is 19.1 Å². The maximum absolute atomic E-state index is 14.5. The van der Waals surface area contributed by atoms with Gasteiger partial charge in [-0.3, -0.25) is 4.68 Å². The molecule has 2 aromatic rings. The number of hydrogen-bond acceptors (Lipinski definition) is 4. The summed E-state index contributed by atoms with van der Waals surface area (Å²) < 4.78 is 42.8. The molecule has 1 unspecified atom stereocenters. The Bertz CT molecular complexity index is 944. The lowest BCUT2D eigenvalue weighted by molar-refractivity contribution is 0.0691. The summed E-state index contributed by atoms with van der Waals surface area (Å²) in [7, 11) is -4.16. The summed E-state index contributed by atoms with van der Waals surface area (Å²) in [4.78, 5) is 10.5. The van der Waals surface area contributed by atoms with E-state index < -0.39 is 32.3 Å². The first-order chi connectivity index (χ1) is 11.7. The van der Waals surface area contributed by atoms with Gasteiger partial charge in [-0.2, -0.15) is 9.40 Å². The highest BCUT2D eigenvalue weighted by atomic mass is 35.5. The van der Waals surface area contributed by atoms with Crippen LogP contribution in [0.3, 0.4) is 0 Å². The largest absolute Gasteiger partial charge is 0.478 e. The fourth-order valence-corrected chi connectivity index (χ4v) is 4.68. The number of carbonyl (C=O) groups is 1. The average molecular weight is 388 g/mol. The highest BCUT2D eigenvalue weighted by Crippen LogP contribution is 2.30. The third-order valence-corrected chi connectivity index (χ3v) is 6.16. The van der Waals surface area contributed by atoms with E-state index in [0.29, 0.717) is 17.0 Å². The van der Waals surface area contributed by atoms with Crippen molar-refractivity contribution in [1.82, 2.24) is 14.1 Å². The van der Waals surface area contributed by atoms with Gasteiger partial charge in [0.05, 0.1) is 22.8 Å². The molecule has 1 N–H and O–H groups in total. The van der Waals surface area contributed by atoms with Crippen molar-refractivity contribution in [3.63, 3.8) is 0 Å². The third kappa shape index (κ3) is 3.26. The number of aromatic nitrogens is 2. The number of aryl methyl sites for hydroxylation is 1. The zero-order chi connectivity index (χ0) is 18.4. The number of nitrogens with zero attached hydrogens (tertiary/aromatic N) is 3. The number of halogens is 2. The fourth-order valence-electron chi connectivity index (χ4n) is 2.88. The summed E-state index contributed by atoms with van der Waals surface area (Å²) in [5, 5.41) is 13.6. The number of hydrogen-bond donors (Lipinski definition) is 1. The molecule has 1 aliphatic rings. The molecule has 134 valence electrons. The molecule has 10 heteroatoms. The molecule has 0 saturated carbocycles. The second-order valence-electron chi connectivity index (χ2n) is 5.87. The quantitative estimate of drug-likeness (QED) is 0.869. The molecule has 0 amide bonds. The van der Waals surface area contributed by atoms with Gasteiger partial charge in [0.1, 0.15) is 4.90 Å². The summed E-state index contributed by atoms with van der Waals surface area (Å²) in [5.41, 5.74) is -0.305. The van der Waals surface area contributed by atoms with Gasteiger partial charge in [-0.15, -0.1) is 0 Å². The predicted octanol–water partition coefficient (Wildman–Crippen LogP) is 2.32. The van der Waals surface area contributed by atoms with Crippen LogP contribution in [0, 0.1) is 12.7 Å². The molecular weight excluding hydrogens is 373 g/mol. The van der Waals surface area contributed by atoms with Crippen LogP contribution in [0.5, 0.6) is 0 Å². The van der Waals surface area contributed by atoms with Crippen LogP contribution in [0.25, 0.3) is 0 Å². The van der Waals surface area contributed by atoms with E-state index in [0.717, 1.165) is 16.4 Å². The van der Waals surface area contributed by atoms with E-state index in [1.165, 1.54) is 13.1 Å². The Labute approximate surface area is 148 Å². The summed E-state index contributed by atoms with van der Waals surface area (Å²) >= 11 is 5.83. The van der Waals surface area contributed by atoms with Crippen LogP contribution in [-0.4, -0.2) is 46.7 Å². The highest BCUT2D eigenvalue weighted by Gasteiger charge is 2.36. The van der Waals surface area contributed by atoms with Crippen LogP contribution in [0.1, 0.15) is 28.4 Å². The van der Waals surface area contributed by atoms with E-state index in [1.807, 2.05) is 0 Å². The van der Waals surface area contributed by atoms with Crippen LogP contribution in [0.15, 0.2) is 29.4 Å². The molecule has 1 fully saturated rings. The number of sulfonamides is 1. The SMILES string of the molecule is Cc1cc(C(=O)O)c(F)c(S(=O)(=O)N2CCC(n3cc(Cl)cn3)C2)c1. The highest BCUT2D eigenvalue weighted by molar-refractivity contribution is 7.89. The van der Waals surface area contributed by atoms with Crippen molar-refractivity contribution in [3.8, 4) is 0 Å². The summed E-state index contributed by atoms with van der Waals surface area (Å²) in [6.07, 6.45) is 3.55. The zero-order valence-corrected chi connectivity index (χ0v) is 14.8. The monoisotopic (exact) mass is 387 g/mol. The number of carboxylic acid groups (broad SMARTS) is 1. The molecule has 0 spiro atoms. The van der Waals surface area contributed by atoms with Crippen molar-refractivity contribution < 1.29 is 22.7 Å². The van der Waals surface area contributed by atoms with Gasteiger partial charge in [-0.25, -0.2) is 17.6 Å². The molecule has 1 atom stereocenters. The van der Waals surface area contributed by atoms with Crippen LogP contribution < -0.4 is 0 Å². The van der Waals surface area contributed by atoms with E-state index in [2.05, 4.69) is 5.10 Å². The standard InChI is InChI=1S/C15H15ClFN3O4S/c1-9-4-12(15(21)22)14(17)13(5-9)25(23,24)19-3-2-11(8-19)20-7-10(16)6-18-20/h4-7,11H,2-3,8H2,1H3,(H,21,22). The molecular formula is C15H15ClFN3O4S. The Hall–Kier alpha value is -1.97. The first-order valence-corrected chi connectivity index (χ1v) is 9.25. The molecule has 1 aliphatic heterocycles. The van der Waals surface area contributed by atoms with Gasteiger partial charge >= 0.3 is 5.97 Å². The van der Waals surface area contributed by atoms with Gasteiger partial charge in [-0.05, 0) is 31.0 Å². The van der Waals surface area contributed by atoms with Gasteiger partial charge < -0.3 is 5.11 Å². The lowest BCUT2D eigenvalue weighted by Crippen LogP contribution is -2.30.